The smallest absolute Gasteiger partial charge is 0.241 e. The van der Waals surface area contributed by atoms with E-state index in [1.807, 2.05) is 60.7 Å². The Kier molecular flexibility index (Phi) is 7.55. The third-order valence-electron chi connectivity index (χ3n) is 4.93. The lowest BCUT2D eigenvalue weighted by Gasteiger charge is -2.35. The second-order valence-corrected chi connectivity index (χ2v) is 7.10. The number of benzene rings is 2. The van der Waals surface area contributed by atoms with Crippen molar-refractivity contribution in [1.29, 1.82) is 0 Å². The van der Waals surface area contributed by atoms with E-state index >= 15 is 0 Å². The van der Waals surface area contributed by atoms with Gasteiger partial charge in [0.2, 0.25) is 11.8 Å². The summed E-state index contributed by atoms with van der Waals surface area (Å²) in [6, 6.07) is 19.1. The molecular formula is C23H28N4O2. The molecule has 29 heavy (non-hydrogen) atoms. The number of hydrogen-bond donors (Lipinski definition) is 1. The van der Waals surface area contributed by atoms with Crippen LogP contribution in [-0.2, 0) is 9.59 Å². The van der Waals surface area contributed by atoms with E-state index < -0.39 is 0 Å². The van der Waals surface area contributed by atoms with Crippen LogP contribution >= 0.6 is 0 Å². The fraction of sp³-hybridized carbons (Fsp3) is 0.304. The van der Waals surface area contributed by atoms with Crippen LogP contribution in [0.2, 0.25) is 0 Å². The second-order valence-electron chi connectivity index (χ2n) is 7.10. The van der Waals surface area contributed by atoms with E-state index in [4.69, 9.17) is 0 Å². The highest BCUT2D eigenvalue weighted by Crippen LogP contribution is 2.14. The average molecular weight is 393 g/mol. The number of nitrogens with one attached hydrogen (secondary N) is 1. The van der Waals surface area contributed by atoms with Gasteiger partial charge in [0.25, 0.3) is 0 Å². The second kappa shape index (κ2) is 10.5. The van der Waals surface area contributed by atoms with Crippen molar-refractivity contribution < 1.29 is 9.59 Å². The van der Waals surface area contributed by atoms with Crippen molar-refractivity contribution >= 4 is 23.2 Å². The van der Waals surface area contributed by atoms with Gasteiger partial charge in [-0.15, -0.1) is 6.58 Å². The minimum Gasteiger partial charge on any atom is -0.325 e. The molecule has 152 valence electrons. The molecule has 0 saturated carbocycles. The van der Waals surface area contributed by atoms with Crippen LogP contribution in [0.3, 0.4) is 0 Å². The maximum atomic E-state index is 12.8. The summed E-state index contributed by atoms with van der Waals surface area (Å²) in [6.45, 7) is 8.05. The van der Waals surface area contributed by atoms with Gasteiger partial charge in [0.15, 0.2) is 0 Å². The summed E-state index contributed by atoms with van der Waals surface area (Å²) in [5.41, 5.74) is 1.69. The van der Waals surface area contributed by atoms with Crippen molar-refractivity contribution in [3.63, 3.8) is 0 Å². The summed E-state index contributed by atoms with van der Waals surface area (Å²) in [5, 5.41) is 2.92. The molecule has 1 aliphatic heterocycles. The predicted molar refractivity (Wildman–Crippen MR) is 117 cm³/mol. The molecule has 0 aromatic heterocycles. The van der Waals surface area contributed by atoms with E-state index in [1.165, 1.54) is 0 Å². The number of para-hydroxylation sites is 2. The van der Waals surface area contributed by atoms with Gasteiger partial charge in [-0.05, 0) is 24.3 Å². The highest BCUT2D eigenvalue weighted by molar-refractivity contribution is 5.95. The number of hydrogen-bond acceptors (Lipinski definition) is 4. The summed E-state index contributed by atoms with van der Waals surface area (Å²) in [5.74, 6) is 0.0494. The molecule has 6 nitrogen and oxygen atoms in total. The van der Waals surface area contributed by atoms with Gasteiger partial charge >= 0.3 is 0 Å². The Labute approximate surface area is 172 Å². The highest BCUT2D eigenvalue weighted by Gasteiger charge is 2.23. The molecule has 0 unspecified atom stereocenters. The zero-order chi connectivity index (χ0) is 20.5. The van der Waals surface area contributed by atoms with E-state index in [1.54, 1.807) is 11.0 Å². The monoisotopic (exact) mass is 392 g/mol. The van der Waals surface area contributed by atoms with Gasteiger partial charge < -0.3 is 10.2 Å². The molecule has 1 fully saturated rings. The first-order chi connectivity index (χ1) is 14.2. The van der Waals surface area contributed by atoms with Gasteiger partial charge in [0.1, 0.15) is 0 Å². The highest BCUT2D eigenvalue weighted by atomic mass is 16.2. The van der Waals surface area contributed by atoms with Gasteiger partial charge in [-0.3, -0.25) is 19.4 Å². The SMILES string of the molecule is C=CCN(C(=O)CN1CCN(CC(=O)Nc2ccccc2)CC1)c1ccccc1. The number of amides is 2. The normalized spacial score (nSPS) is 14.9. The Morgan fingerprint density at radius 3 is 2.03 bits per heavy atom. The quantitative estimate of drug-likeness (QED) is 0.701. The molecule has 2 aromatic carbocycles. The van der Waals surface area contributed by atoms with Crippen LogP contribution in [0.25, 0.3) is 0 Å². The molecule has 0 bridgehead atoms. The summed E-state index contributed by atoms with van der Waals surface area (Å²) in [4.78, 5) is 31.1. The molecule has 0 aliphatic carbocycles. The van der Waals surface area contributed by atoms with Crippen molar-refractivity contribution in [2.24, 2.45) is 0 Å². The molecule has 0 radical (unpaired) electrons. The minimum absolute atomic E-state index is 0.0121. The van der Waals surface area contributed by atoms with Gasteiger partial charge in [0.05, 0.1) is 13.1 Å². The lowest BCUT2D eigenvalue weighted by molar-refractivity contribution is -0.121. The molecule has 2 amide bonds. The lowest BCUT2D eigenvalue weighted by Crippen LogP contribution is -2.51. The Morgan fingerprint density at radius 2 is 1.45 bits per heavy atom. The van der Waals surface area contributed by atoms with Crippen LogP contribution in [0, 0.1) is 0 Å². The topological polar surface area (TPSA) is 55.9 Å². The third-order valence-corrected chi connectivity index (χ3v) is 4.93. The molecule has 3 rings (SSSR count). The Balaban J connectivity index is 1.45. The zero-order valence-electron chi connectivity index (χ0n) is 16.7. The van der Waals surface area contributed by atoms with Crippen LogP contribution in [0.1, 0.15) is 0 Å². The Morgan fingerprint density at radius 1 is 0.897 bits per heavy atom. The molecule has 6 heteroatoms. The fourth-order valence-corrected chi connectivity index (χ4v) is 3.40. The number of carbonyl (C=O) groups excluding carboxylic acids is 2. The molecule has 1 aliphatic rings. The molecule has 1 saturated heterocycles. The first-order valence-corrected chi connectivity index (χ1v) is 9.91. The molecule has 1 heterocycles. The van der Waals surface area contributed by atoms with Crippen LogP contribution < -0.4 is 10.2 Å². The first-order valence-electron chi connectivity index (χ1n) is 9.91. The van der Waals surface area contributed by atoms with E-state index in [2.05, 4.69) is 21.7 Å². The van der Waals surface area contributed by atoms with Gasteiger partial charge in [-0.1, -0.05) is 42.5 Å². The molecule has 2 aromatic rings. The summed E-state index contributed by atoms with van der Waals surface area (Å²) in [7, 11) is 0. The van der Waals surface area contributed by atoms with Crippen LogP contribution in [0.15, 0.2) is 73.3 Å². The maximum Gasteiger partial charge on any atom is 0.241 e. The molecule has 0 atom stereocenters. The Hall–Kier alpha value is -2.96. The van der Waals surface area contributed by atoms with Crippen LogP contribution in [-0.4, -0.2) is 67.4 Å². The first kappa shape index (κ1) is 20.8. The average Bonchev–Trinajstić information content (AvgIpc) is 2.74. The van der Waals surface area contributed by atoms with E-state index in [9.17, 15) is 9.59 Å². The fourth-order valence-electron chi connectivity index (χ4n) is 3.40. The van der Waals surface area contributed by atoms with E-state index in [0.29, 0.717) is 19.6 Å². The minimum atomic E-state index is -0.0121. The van der Waals surface area contributed by atoms with E-state index in [0.717, 1.165) is 37.6 Å². The molecule has 1 N–H and O–H groups in total. The van der Waals surface area contributed by atoms with Gasteiger partial charge in [-0.25, -0.2) is 0 Å². The van der Waals surface area contributed by atoms with Crippen LogP contribution in [0.4, 0.5) is 11.4 Å². The van der Waals surface area contributed by atoms with Crippen molar-refractivity contribution in [3.05, 3.63) is 73.3 Å². The number of anilines is 2. The summed E-state index contributed by atoms with van der Waals surface area (Å²) < 4.78 is 0. The summed E-state index contributed by atoms with van der Waals surface area (Å²) in [6.07, 6.45) is 1.74. The Bertz CT molecular complexity index is 802. The summed E-state index contributed by atoms with van der Waals surface area (Å²) >= 11 is 0. The maximum absolute atomic E-state index is 12.8. The standard InChI is InChI=1S/C23H28N4O2/c1-2-13-27(21-11-7-4-8-12-21)23(29)19-26-16-14-25(15-17-26)18-22(28)24-20-9-5-3-6-10-20/h2-12H,1,13-19H2,(H,24,28). The van der Waals surface area contributed by atoms with Crippen molar-refractivity contribution in [3.8, 4) is 0 Å². The molecule has 0 spiro atoms. The number of carbonyl (C=O) groups is 2. The largest absolute Gasteiger partial charge is 0.325 e. The lowest BCUT2D eigenvalue weighted by atomic mass is 10.2. The van der Waals surface area contributed by atoms with E-state index in [-0.39, 0.29) is 11.8 Å². The molecular weight excluding hydrogens is 364 g/mol. The van der Waals surface area contributed by atoms with Gasteiger partial charge in [-0.2, -0.15) is 0 Å². The van der Waals surface area contributed by atoms with Crippen molar-refractivity contribution in [2.45, 2.75) is 0 Å². The van der Waals surface area contributed by atoms with Crippen molar-refractivity contribution in [1.82, 2.24) is 9.80 Å². The number of nitrogens with zero attached hydrogens (tertiary/aromatic N) is 3. The number of rotatable bonds is 8. The predicted octanol–water partition coefficient (Wildman–Crippen LogP) is 2.46. The van der Waals surface area contributed by atoms with Crippen molar-refractivity contribution in [2.75, 3.05) is 56.0 Å². The number of piperazine rings is 1. The van der Waals surface area contributed by atoms with Gasteiger partial charge in [0, 0.05) is 44.1 Å². The third kappa shape index (κ3) is 6.27. The zero-order valence-corrected chi connectivity index (χ0v) is 16.7. The van der Waals surface area contributed by atoms with Crippen LogP contribution in [0.5, 0.6) is 0 Å².